The average Bonchev–Trinajstić information content (AvgIpc) is 3.23. The minimum absolute atomic E-state index is 0.128. The minimum atomic E-state index is -0.511. The lowest BCUT2D eigenvalue weighted by atomic mass is 10.1. The van der Waals surface area contributed by atoms with Gasteiger partial charge in [-0.1, -0.05) is 59.8 Å². The van der Waals surface area contributed by atoms with E-state index in [1.165, 1.54) is 7.11 Å². The highest BCUT2D eigenvalue weighted by Gasteiger charge is 2.24. The van der Waals surface area contributed by atoms with E-state index in [0.29, 0.717) is 6.42 Å². The van der Waals surface area contributed by atoms with Crippen molar-refractivity contribution in [1.29, 1.82) is 0 Å². The second kappa shape index (κ2) is 6.39. The van der Waals surface area contributed by atoms with Crippen LogP contribution in [0, 0.1) is 0 Å². The van der Waals surface area contributed by atoms with Crippen LogP contribution in [-0.4, -0.2) is 28.1 Å². The summed E-state index contributed by atoms with van der Waals surface area (Å²) in [5.41, 5.74) is 1.88. The molecule has 0 amide bonds. The molecule has 0 N–H and O–H groups in total. The van der Waals surface area contributed by atoms with Crippen molar-refractivity contribution < 1.29 is 9.53 Å². The van der Waals surface area contributed by atoms with Crippen LogP contribution in [0.15, 0.2) is 60.8 Å². The first-order valence-electron chi connectivity index (χ1n) is 7.16. The van der Waals surface area contributed by atoms with Crippen molar-refractivity contribution in [2.24, 2.45) is 0 Å². The lowest BCUT2D eigenvalue weighted by Crippen LogP contribution is -2.23. The molecule has 22 heavy (non-hydrogen) atoms. The Hall–Kier alpha value is -2.69. The van der Waals surface area contributed by atoms with E-state index in [4.69, 9.17) is 4.74 Å². The van der Waals surface area contributed by atoms with Crippen LogP contribution in [-0.2, 0) is 16.0 Å². The van der Waals surface area contributed by atoms with E-state index < -0.39 is 6.04 Å². The van der Waals surface area contributed by atoms with E-state index in [9.17, 15) is 4.79 Å². The van der Waals surface area contributed by atoms with Crippen molar-refractivity contribution in [2.45, 2.75) is 18.4 Å². The van der Waals surface area contributed by atoms with Crippen LogP contribution in [0.25, 0.3) is 0 Å². The van der Waals surface area contributed by atoms with Gasteiger partial charge >= 0.3 is 5.97 Å². The van der Waals surface area contributed by atoms with Gasteiger partial charge in [0, 0.05) is 12.3 Å². The molecule has 1 heterocycles. The maximum absolute atomic E-state index is 12.1. The molecule has 3 rings (SSSR count). The lowest BCUT2D eigenvalue weighted by Gasteiger charge is -2.14. The summed E-state index contributed by atoms with van der Waals surface area (Å²) in [4.78, 5) is 12.1. The molecule has 0 bridgehead atoms. The first-order chi connectivity index (χ1) is 10.8. The summed E-state index contributed by atoms with van der Waals surface area (Å²) in [5, 5.41) is 8.30. The number of allylic oxidation sites excluding steroid dienone is 4. The van der Waals surface area contributed by atoms with Crippen molar-refractivity contribution in [3.8, 4) is 0 Å². The SMILES string of the molecule is COC(=O)[C@H](Cc1ccccc1)n1cc(C2C=CC=C2)nn1. The normalized spacial score (nSPS) is 15.1. The first-order valence-corrected chi connectivity index (χ1v) is 7.16. The fraction of sp³-hybridized carbons (Fsp3) is 0.235. The largest absolute Gasteiger partial charge is 0.467 e. The van der Waals surface area contributed by atoms with E-state index >= 15 is 0 Å². The van der Waals surface area contributed by atoms with Crippen LogP contribution in [0.4, 0.5) is 0 Å². The maximum atomic E-state index is 12.1. The summed E-state index contributed by atoms with van der Waals surface area (Å²) in [6, 6.07) is 9.30. The quantitative estimate of drug-likeness (QED) is 0.795. The molecule has 0 saturated carbocycles. The molecule has 1 aliphatic rings. The van der Waals surface area contributed by atoms with Gasteiger partial charge in [0.05, 0.1) is 19.0 Å². The fourth-order valence-electron chi connectivity index (χ4n) is 2.48. The van der Waals surface area contributed by atoms with E-state index in [2.05, 4.69) is 10.3 Å². The molecular formula is C17H17N3O2. The Morgan fingerprint density at radius 2 is 2.00 bits per heavy atom. The van der Waals surface area contributed by atoms with Gasteiger partial charge in [0.15, 0.2) is 6.04 Å². The van der Waals surface area contributed by atoms with Crippen LogP contribution in [0.1, 0.15) is 23.2 Å². The molecule has 1 aliphatic carbocycles. The van der Waals surface area contributed by atoms with E-state index in [1.54, 1.807) is 4.68 Å². The van der Waals surface area contributed by atoms with Crippen molar-refractivity contribution in [2.75, 3.05) is 7.11 Å². The molecule has 0 aliphatic heterocycles. The highest BCUT2D eigenvalue weighted by Crippen LogP contribution is 2.22. The topological polar surface area (TPSA) is 57.0 Å². The van der Waals surface area contributed by atoms with Crippen molar-refractivity contribution in [3.63, 3.8) is 0 Å². The molecule has 0 radical (unpaired) electrons. The van der Waals surface area contributed by atoms with E-state index in [0.717, 1.165) is 11.3 Å². The standard InChI is InChI=1S/C17H17N3O2/c1-22-17(21)16(11-13-7-3-2-4-8-13)20-12-15(18-19-20)14-9-5-6-10-14/h2-10,12,14,16H,11H2,1H3/t16-/m0/s1. The number of esters is 1. The van der Waals surface area contributed by atoms with Gasteiger partial charge in [-0.25, -0.2) is 9.48 Å². The highest BCUT2D eigenvalue weighted by atomic mass is 16.5. The monoisotopic (exact) mass is 295 g/mol. The number of hydrogen-bond acceptors (Lipinski definition) is 4. The summed E-state index contributed by atoms with van der Waals surface area (Å²) in [6.45, 7) is 0. The number of carbonyl (C=O) groups excluding carboxylic acids is 1. The Kier molecular flexibility index (Phi) is 4.14. The van der Waals surface area contributed by atoms with E-state index in [1.807, 2.05) is 60.8 Å². The second-order valence-electron chi connectivity index (χ2n) is 5.15. The number of rotatable bonds is 5. The minimum Gasteiger partial charge on any atom is -0.467 e. The smallest absolute Gasteiger partial charge is 0.331 e. The Bertz CT molecular complexity index is 692. The summed E-state index contributed by atoms with van der Waals surface area (Å²) in [5.74, 6) is -0.193. The Balaban J connectivity index is 1.84. The maximum Gasteiger partial charge on any atom is 0.331 e. The van der Waals surface area contributed by atoms with Crippen LogP contribution in [0.5, 0.6) is 0 Å². The van der Waals surface area contributed by atoms with Crippen molar-refractivity contribution >= 4 is 5.97 Å². The predicted octanol–water partition coefficient (Wildman–Crippen LogP) is 2.44. The molecule has 1 aromatic carbocycles. The number of hydrogen-bond donors (Lipinski definition) is 0. The zero-order chi connectivity index (χ0) is 15.4. The molecule has 5 nitrogen and oxygen atoms in total. The van der Waals surface area contributed by atoms with Crippen LogP contribution < -0.4 is 0 Å². The molecule has 112 valence electrons. The number of benzene rings is 1. The Labute approximate surface area is 128 Å². The van der Waals surface area contributed by atoms with Gasteiger partial charge in [-0.15, -0.1) is 5.10 Å². The van der Waals surface area contributed by atoms with Crippen LogP contribution in [0.2, 0.25) is 0 Å². The number of ether oxygens (including phenoxy) is 1. The molecule has 0 spiro atoms. The fourth-order valence-corrected chi connectivity index (χ4v) is 2.48. The van der Waals surface area contributed by atoms with Gasteiger partial charge in [0.2, 0.25) is 0 Å². The highest BCUT2D eigenvalue weighted by molar-refractivity contribution is 5.74. The average molecular weight is 295 g/mol. The number of methoxy groups -OCH3 is 1. The second-order valence-corrected chi connectivity index (χ2v) is 5.15. The third-order valence-electron chi connectivity index (χ3n) is 3.68. The molecule has 0 saturated heterocycles. The number of aromatic nitrogens is 3. The van der Waals surface area contributed by atoms with Gasteiger partial charge in [-0.3, -0.25) is 0 Å². The Morgan fingerprint density at radius 1 is 1.27 bits per heavy atom. The van der Waals surface area contributed by atoms with Gasteiger partial charge < -0.3 is 4.74 Å². The molecule has 1 aromatic heterocycles. The van der Waals surface area contributed by atoms with Gasteiger partial charge in [-0.05, 0) is 5.56 Å². The first kappa shape index (κ1) is 14.3. The van der Waals surface area contributed by atoms with Crippen molar-refractivity contribution in [1.82, 2.24) is 15.0 Å². The Morgan fingerprint density at radius 3 is 2.68 bits per heavy atom. The van der Waals surface area contributed by atoms with Gasteiger partial charge in [0.1, 0.15) is 0 Å². The third kappa shape index (κ3) is 2.98. The summed E-state index contributed by atoms with van der Waals surface area (Å²) >= 11 is 0. The summed E-state index contributed by atoms with van der Waals surface area (Å²) in [6.07, 6.45) is 10.4. The summed E-state index contributed by atoms with van der Waals surface area (Å²) in [7, 11) is 1.39. The predicted molar refractivity (Wildman–Crippen MR) is 82.2 cm³/mol. The van der Waals surface area contributed by atoms with Crippen LogP contribution >= 0.6 is 0 Å². The molecule has 0 unspecified atom stereocenters. The molecule has 0 fully saturated rings. The molecular weight excluding hydrogens is 278 g/mol. The van der Waals surface area contributed by atoms with E-state index in [-0.39, 0.29) is 11.9 Å². The van der Waals surface area contributed by atoms with Gasteiger partial charge in [0.25, 0.3) is 0 Å². The molecule has 2 aromatic rings. The molecule has 5 heteroatoms. The van der Waals surface area contributed by atoms with Crippen LogP contribution in [0.3, 0.4) is 0 Å². The number of nitrogens with zero attached hydrogens (tertiary/aromatic N) is 3. The van der Waals surface area contributed by atoms with Crippen molar-refractivity contribution in [3.05, 3.63) is 72.1 Å². The zero-order valence-corrected chi connectivity index (χ0v) is 12.3. The number of carbonyl (C=O) groups is 1. The third-order valence-corrected chi connectivity index (χ3v) is 3.68. The van der Waals surface area contributed by atoms with Gasteiger partial charge in [-0.2, -0.15) is 0 Å². The summed E-state index contributed by atoms with van der Waals surface area (Å²) < 4.78 is 6.51. The zero-order valence-electron chi connectivity index (χ0n) is 12.3. The molecule has 1 atom stereocenters. The lowest BCUT2D eigenvalue weighted by molar-refractivity contribution is -0.144.